The number of hydrogen-bond acceptors (Lipinski definition) is 4. The molecule has 1 aromatic heterocycles. The van der Waals surface area contributed by atoms with Gasteiger partial charge in [-0.2, -0.15) is 0 Å². The number of carboxylic acids is 1. The van der Waals surface area contributed by atoms with Crippen LogP contribution in [0.1, 0.15) is 95.6 Å². The summed E-state index contributed by atoms with van der Waals surface area (Å²) in [5.74, 6) is -1.72. The molecular formula is C30H43NO4Se. The van der Waals surface area contributed by atoms with Crippen molar-refractivity contribution >= 4 is 31.5 Å². The zero-order valence-electron chi connectivity index (χ0n) is 22.0. The summed E-state index contributed by atoms with van der Waals surface area (Å²) in [6.07, 6.45) is 13.7. The van der Waals surface area contributed by atoms with Gasteiger partial charge in [-0.1, -0.05) is 26.2 Å². The summed E-state index contributed by atoms with van der Waals surface area (Å²) >= 11 is 0.0357. The Morgan fingerprint density at radius 2 is 1.53 bits per heavy atom. The van der Waals surface area contributed by atoms with Gasteiger partial charge in [0.1, 0.15) is 0 Å². The molecule has 6 heteroatoms. The molecule has 0 aliphatic rings. The van der Waals surface area contributed by atoms with Crippen LogP contribution in [0.5, 0.6) is 0 Å². The number of carbonyl (C=O) groups excluding carboxylic acids is 1. The molecule has 1 unspecified atom stereocenters. The van der Waals surface area contributed by atoms with E-state index in [-0.39, 0.29) is 34.4 Å². The molecule has 0 bridgehead atoms. The van der Waals surface area contributed by atoms with E-state index in [1.54, 1.807) is 13.1 Å². The van der Waals surface area contributed by atoms with Gasteiger partial charge in [-0.3, -0.25) is 0 Å². The van der Waals surface area contributed by atoms with E-state index in [0.29, 0.717) is 6.42 Å². The predicted octanol–water partition coefficient (Wildman–Crippen LogP) is 6.10. The molecule has 0 amide bonds. The van der Waals surface area contributed by atoms with E-state index < -0.39 is 17.4 Å². The molecule has 1 aromatic carbocycles. The summed E-state index contributed by atoms with van der Waals surface area (Å²) < 4.78 is 6.23. The van der Waals surface area contributed by atoms with Crippen molar-refractivity contribution in [1.82, 2.24) is 4.98 Å². The molecule has 1 atom stereocenters. The average molecular weight is 561 g/mol. The first kappa shape index (κ1) is 30.1. The molecule has 36 heavy (non-hydrogen) atoms. The van der Waals surface area contributed by atoms with E-state index in [1.807, 2.05) is 30.3 Å². The SMILES string of the molecule is CCCCCCCCCCCCC(Cc1cccnc1[Se]Cc1ccccc1)(C(=O)O)C(=O)OCC. The van der Waals surface area contributed by atoms with Gasteiger partial charge in [0.05, 0.1) is 0 Å². The zero-order chi connectivity index (χ0) is 26.1. The fourth-order valence-electron chi connectivity index (χ4n) is 4.46. The number of aliphatic carboxylic acids is 1. The van der Waals surface area contributed by atoms with Gasteiger partial charge in [-0.05, 0) is 0 Å². The van der Waals surface area contributed by atoms with E-state index in [4.69, 9.17) is 4.74 Å². The van der Waals surface area contributed by atoms with Crippen molar-refractivity contribution in [3.63, 3.8) is 0 Å². The van der Waals surface area contributed by atoms with Crippen molar-refractivity contribution in [2.45, 2.75) is 96.2 Å². The van der Waals surface area contributed by atoms with Crippen molar-refractivity contribution in [2.75, 3.05) is 6.61 Å². The first-order valence-corrected chi connectivity index (χ1v) is 15.6. The summed E-state index contributed by atoms with van der Waals surface area (Å²) in [6.45, 7) is 4.13. The van der Waals surface area contributed by atoms with Crippen molar-refractivity contribution in [3.8, 4) is 0 Å². The van der Waals surface area contributed by atoms with Gasteiger partial charge in [0, 0.05) is 0 Å². The minimum absolute atomic E-state index is 0.0357. The molecule has 0 saturated heterocycles. The Morgan fingerprint density at radius 1 is 0.889 bits per heavy atom. The molecule has 1 heterocycles. The van der Waals surface area contributed by atoms with Gasteiger partial charge in [0.15, 0.2) is 0 Å². The van der Waals surface area contributed by atoms with E-state index in [1.165, 1.54) is 50.5 Å². The summed E-state index contributed by atoms with van der Waals surface area (Å²) in [5.41, 5.74) is 0.502. The molecule has 5 nitrogen and oxygen atoms in total. The maximum absolute atomic E-state index is 13.1. The molecule has 0 aliphatic heterocycles. The Bertz CT molecular complexity index is 905. The van der Waals surface area contributed by atoms with Crippen LogP contribution in [0.3, 0.4) is 0 Å². The van der Waals surface area contributed by atoms with Crippen LogP contribution in [-0.2, 0) is 26.1 Å². The first-order valence-electron chi connectivity index (χ1n) is 13.5. The third kappa shape index (κ3) is 10.1. The number of benzene rings is 1. The number of unbranched alkanes of at least 4 members (excludes halogenated alkanes) is 9. The van der Waals surface area contributed by atoms with Gasteiger partial charge < -0.3 is 0 Å². The molecule has 1 N–H and O–H groups in total. The van der Waals surface area contributed by atoms with Crippen LogP contribution in [0, 0.1) is 5.41 Å². The van der Waals surface area contributed by atoms with Crippen LogP contribution in [0.25, 0.3) is 0 Å². The molecule has 2 aromatic rings. The molecule has 0 spiro atoms. The summed E-state index contributed by atoms with van der Waals surface area (Å²) in [4.78, 5) is 30.3. The average Bonchev–Trinajstić information content (AvgIpc) is 2.89. The summed E-state index contributed by atoms with van der Waals surface area (Å²) in [5, 5.41) is 11.2. The van der Waals surface area contributed by atoms with E-state index in [0.717, 1.165) is 28.3 Å². The van der Waals surface area contributed by atoms with Crippen LogP contribution in [0.15, 0.2) is 48.7 Å². The van der Waals surface area contributed by atoms with Gasteiger partial charge in [0.2, 0.25) is 0 Å². The number of rotatable bonds is 19. The second kappa shape index (κ2) is 17.3. The monoisotopic (exact) mass is 561 g/mol. The van der Waals surface area contributed by atoms with Crippen molar-refractivity contribution < 1.29 is 19.4 Å². The fraction of sp³-hybridized carbons (Fsp3) is 0.567. The number of aromatic nitrogens is 1. The zero-order valence-corrected chi connectivity index (χ0v) is 23.8. The third-order valence-electron chi connectivity index (χ3n) is 6.59. The fourth-order valence-corrected chi connectivity index (χ4v) is 6.46. The second-order valence-electron chi connectivity index (χ2n) is 9.46. The normalized spacial score (nSPS) is 12.7. The van der Waals surface area contributed by atoms with Crippen LogP contribution >= 0.6 is 0 Å². The minimum atomic E-state index is -1.57. The standard InChI is InChI=1S/C30H43NO4Se/c1-3-5-6-7-8-9-10-11-12-16-21-30(28(32)33,29(34)35-4-2)23-26-20-17-22-31-27(26)36-24-25-18-14-13-15-19-25/h13-15,17-20,22H,3-12,16,21,23-24H2,1-2H3,(H,32,33). The van der Waals surface area contributed by atoms with Crippen molar-refractivity contribution in [1.29, 1.82) is 0 Å². The van der Waals surface area contributed by atoms with E-state index in [9.17, 15) is 14.7 Å². The maximum atomic E-state index is 13.1. The first-order chi connectivity index (χ1) is 17.5. The molecule has 2 rings (SSSR count). The Labute approximate surface area is 223 Å². The molecule has 198 valence electrons. The molecular weight excluding hydrogens is 517 g/mol. The number of ether oxygens (including phenoxy) is 1. The van der Waals surface area contributed by atoms with Crippen LogP contribution in [0.2, 0.25) is 0 Å². The van der Waals surface area contributed by atoms with Crippen LogP contribution in [0.4, 0.5) is 0 Å². The predicted molar refractivity (Wildman–Crippen MR) is 147 cm³/mol. The van der Waals surface area contributed by atoms with Gasteiger partial charge >= 0.3 is 198 Å². The quantitative estimate of drug-likeness (QED) is 0.0973. The van der Waals surface area contributed by atoms with Gasteiger partial charge in [-0.15, -0.1) is 0 Å². The Balaban J connectivity index is 2.03. The Morgan fingerprint density at radius 3 is 2.14 bits per heavy atom. The number of carbonyl (C=O) groups is 2. The topological polar surface area (TPSA) is 76.5 Å². The summed E-state index contributed by atoms with van der Waals surface area (Å²) in [7, 11) is 0. The van der Waals surface area contributed by atoms with Crippen molar-refractivity contribution in [2.24, 2.45) is 5.41 Å². The molecule has 0 aliphatic carbocycles. The number of nitrogens with zero attached hydrogens (tertiary/aromatic N) is 1. The van der Waals surface area contributed by atoms with Crippen molar-refractivity contribution in [3.05, 3.63) is 59.8 Å². The molecule has 0 radical (unpaired) electrons. The number of carboxylic acid groups (broad SMARTS) is 1. The number of hydrogen-bond donors (Lipinski definition) is 1. The van der Waals surface area contributed by atoms with Gasteiger partial charge in [-0.25, -0.2) is 0 Å². The van der Waals surface area contributed by atoms with Crippen LogP contribution < -0.4 is 4.59 Å². The molecule has 0 saturated carbocycles. The summed E-state index contributed by atoms with van der Waals surface area (Å²) in [6, 6.07) is 14.0. The number of esters is 1. The molecule has 0 fully saturated rings. The second-order valence-corrected chi connectivity index (χ2v) is 11.5. The Kier molecular flexibility index (Phi) is 14.5. The third-order valence-corrected chi connectivity index (χ3v) is 8.94. The number of pyridine rings is 1. The van der Waals surface area contributed by atoms with Crippen LogP contribution in [-0.4, -0.2) is 43.6 Å². The van der Waals surface area contributed by atoms with Gasteiger partial charge in [0.25, 0.3) is 0 Å². The van der Waals surface area contributed by atoms with E-state index in [2.05, 4.69) is 24.0 Å². The Hall–Kier alpha value is -2.17. The van der Waals surface area contributed by atoms with E-state index >= 15 is 0 Å².